The predicted molar refractivity (Wildman–Crippen MR) is 87.9 cm³/mol. The van der Waals surface area contributed by atoms with Crippen molar-refractivity contribution in [1.82, 2.24) is 9.78 Å². The molecule has 1 aliphatic rings. The zero-order chi connectivity index (χ0) is 15.0. The summed E-state index contributed by atoms with van der Waals surface area (Å²) < 4.78 is 1.93. The Bertz CT molecular complexity index is 748. The molecule has 0 unspecified atom stereocenters. The summed E-state index contributed by atoms with van der Waals surface area (Å²) in [6.45, 7) is 8.27. The Kier molecular flexibility index (Phi) is 3.26. The van der Waals surface area contributed by atoms with Gasteiger partial charge < -0.3 is 4.90 Å². The topological polar surface area (TPSA) is 21.1 Å². The van der Waals surface area contributed by atoms with Gasteiger partial charge in [-0.05, 0) is 32.1 Å². The molecule has 3 rings (SSSR count). The number of anilines is 1. The van der Waals surface area contributed by atoms with Crippen molar-refractivity contribution >= 4 is 11.3 Å². The smallest absolute Gasteiger partial charge is 0.0675 e. The third-order valence-electron chi connectivity index (χ3n) is 3.86. The Morgan fingerprint density at radius 1 is 1.05 bits per heavy atom. The van der Waals surface area contributed by atoms with Gasteiger partial charge in [-0.15, -0.1) is 0 Å². The van der Waals surface area contributed by atoms with Gasteiger partial charge in [0.05, 0.1) is 5.69 Å². The van der Waals surface area contributed by atoms with Gasteiger partial charge in [0.25, 0.3) is 0 Å². The molecule has 21 heavy (non-hydrogen) atoms. The molecule has 0 aliphatic carbocycles. The summed E-state index contributed by atoms with van der Waals surface area (Å²) in [5.41, 5.74) is 6.65. The highest BCUT2D eigenvalue weighted by Gasteiger charge is 2.17. The largest absolute Gasteiger partial charge is 0.317 e. The standard InChI is InChI=1S/C18H19N3/c1-13-10-11-16(18-14(2)19-20(4)15(18)3)12-21(13)17-8-6-5-7-9-17/h5-12H,1H2,2-4H3. The van der Waals surface area contributed by atoms with Gasteiger partial charge in [-0.25, -0.2) is 0 Å². The van der Waals surface area contributed by atoms with E-state index in [1.807, 2.05) is 42.9 Å². The average molecular weight is 277 g/mol. The van der Waals surface area contributed by atoms with E-state index in [1.165, 1.54) is 11.3 Å². The third-order valence-corrected chi connectivity index (χ3v) is 3.86. The minimum absolute atomic E-state index is 0.962. The molecule has 0 atom stereocenters. The maximum atomic E-state index is 4.50. The molecule has 0 bridgehead atoms. The predicted octanol–water partition coefficient (Wildman–Crippen LogP) is 3.97. The van der Waals surface area contributed by atoms with Crippen molar-refractivity contribution in [3.8, 4) is 0 Å². The fraction of sp³-hybridized carbons (Fsp3) is 0.167. The van der Waals surface area contributed by atoms with E-state index >= 15 is 0 Å². The Morgan fingerprint density at radius 3 is 2.38 bits per heavy atom. The van der Waals surface area contributed by atoms with Crippen LogP contribution in [0.15, 0.2) is 61.0 Å². The van der Waals surface area contributed by atoms with E-state index in [4.69, 9.17) is 0 Å². The molecule has 1 aliphatic heterocycles. The van der Waals surface area contributed by atoms with Crippen LogP contribution in [0, 0.1) is 13.8 Å². The molecule has 0 saturated heterocycles. The normalized spacial score (nSPS) is 14.5. The molecule has 2 aromatic rings. The molecule has 0 saturated carbocycles. The Morgan fingerprint density at radius 2 is 1.76 bits per heavy atom. The maximum Gasteiger partial charge on any atom is 0.0675 e. The number of aromatic nitrogens is 2. The van der Waals surface area contributed by atoms with Crippen LogP contribution in [0.2, 0.25) is 0 Å². The van der Waals surface area contributed by atoms with Crippen molar-refractivity contribution in [2.75, 3.05) is 4.90 Å². The van der Waals surface area contributed by atoms with E-state index in [0.717, 1.165) is 22.7 Å². The summed E-state index contributed by atoms with van der Waals surface area (Å²) >= 11 is 0. The van der Waals surface area contributed by atoms with Crippen LogP contribution in [0.4, 0.5) is 5.69 Å². The first-order valence-electron chi connectivity index (χ1n) is 7.01. The highest BCUT2D eigenvalue weighted by atomic mass is 15.3. The molecule has 0 spiro atoms. The summed E-state index contributed by atoms with van der Waals surface area (Å²) in [6.07, 6.45) is 6.29. The van der Waals surface area contributed by atoms with Crippen LogP contribution < -0.4 is 4.90 Å². The molecule has 3 nitrogen and oxygen atoms in total. The van der Waals surface area contributed by atoms with Gasteiger partial charge in [-0.2, -0.15) is 5.10 Å². The van der Waals surface area contributed by atoms with Crippen molar-refractivity contribution in [3.63, 3.8) is 0 Å². The van der Waals surface area contributed by atoms with Crippen LogP contribution in [0.25, 0.3) is 5.57 Å². The fourth-order valence-electron chi connectivity index (χ4n) is 2.70. The van der Waals surface area contributed by atoms with Gasteiger partial charge in [0.2, 0.25) is 0 Å². The lowest BCUT2D eigenvalue weighted by atomic mass is 10.0. The molecule has 0 N–H and O–H groups in total. The first kappa shape index (κ1) is 13.4. The summed E-state index contributed by atoms with van der Waals surface area (Å²) in [4.78, 5) is 2.11. The quantitative estimate of drug-likeness (QED) is 0.828. The zero-order valence-electron chi connectivity index (χ0n) is 12.7. The minimum Gasteiger partial charge on any atom is -0.317 e. The lowest BCUT2D eigenvalue weighted by Gasteiger charge is -2.25. The SMILES string of the molecule is C=C1C=CC(c2c(C)nn(C)c2C)=CN1c1ccccc1. The van der Waals surface area contributed by atoms with E-state index in [0.29, 0.717) is 0 Å². The number of rotatable bonds is 2. The number of allylic oxidation sites excluding steroid dienone is 3. The molecular weight excluding hydrogens is 258 g/mol. The van der Waals surface area contributed by atoms with Gasteiger partial charge >= 0.3 is 0 Å². The average Bonchev–Trinajstić information content (AvgIpc) is 2.74. The Labute approximate surface area is 125 Å². The number of aryl methyl sites for hydroxylation is 2. The molecule has 1 aromatic carbocycles. The molecule has 3 heteroatoms. The third kappa shape index (κ3) is 2.31. The second-order valence-electron chi connectivity index (χ2n) is 5.28. The summed E-state index contributed by atoms with van der Waals surface area (Å²) in [7, 11) is 1.98. The van der Waals surface area contributed by atoms with E-state index in [-0.39, 0.29) is 0 Å². The Hall–Kier alpha value is -2.55. The molecule has 106 valence electrons. The Balaban J connectivity index is 2.08. The van der Waals surface area contributed by atoms with E-state index in [9.17, 15) is 0 Å². The number of para-hydroxylation sites is 1. The molecule has 2 heterocycles. The van der Waals surface area contributed by atoms with Crippen LogP contribution in [-0.2, 0) is 7.05 Å². The lowest BCUT2D eigenvalue weighted by Crippen LogP contribution is -2.16. The van der Waals surface area contributed by atoms with Crippen LogP contribution >= 0.6 is 0 Å². The number of hydrogen-bond acceptors (Lipinski definition) is 2. The number of benzene rings is 1. The van der Waals surface area contributed by atoms with E-state index in [1.54, 1.807) is 0 Å². The number of hydrogen-bond donors (Lipinski definition) is 0. The molecule has 1 aromatic heterocycles. The van der Waals surface area contributed by atoms with Gasteiger partial charge in [0.15, 0.2) is 0 Å². The maximum absolute atomic E-state index is 4.50. The van der Waals surface area contributed by atoms with Gasteiger partial charge in [0.1, 0.15) is 0 Å². The second-order valence-corrected chi connectivity index (χ2v) is 5.28. The highest BCUT2D eigenvalue weighted by molar-refractivity contribution is 5.82. The number of nitrogens with zero attached hydrogens (tertiary/aromatic N) is 3. The molecular formula is C18H19N3. The minimum atomic E-state index is 0.962. The van der Waals surface area contributed by atoms with Crippen molar-refractivity contribution in [2.24, 2.45) is 7.05 Å². The van der Waals surface area contributed by atoms with E-state index in [2.05, 4.69) is 47.9 Å². The van der Waals surface area contributed by atoms with E-state index < -0.39 is 0 Å². The monoisotopic (exact) mass is 277 g/mol. The van der Waals surface area contributed by atoms with Gasteiger partial charge in [-0.1, -0.05) is 30.9 Å². The summed E-state index contributed by atoms with van der Waals surface area (Å²) in [5.74, 6) is 0. The lowest BCUT2D eigenvalue weighted by molar-refractivity contribution is 0.731. The van der Waals surface area contributed by atoms with Crippen molar-refractivity contribution in [1.29, 1.82) is 0 Å². The van der Waals surface area contributed by atoms with Crippen LogP contribution in [0.5, 0.6) is 0 Å². The summed E-state index contributed by atoms with van der Waals surface area (Å²) in [6, 6.07) is 10.3. The van der Waals surface area contributed by atoms with Crippen molar-refractivity contribution in [3.05, 3.63) is 77.9 Å². The second kappa shape index (κ2) is 5.09. The van der Waals surface area contributed by atoms with Crippen molar-refractivity contribution < 1.29 is 0 Å². The van der Waals surface area contributed by atoms with Crippen LogP contribution in [-0.4, -0.2) is 9.78 Å². The van der Waals surface area contributed by atoms with Gasteiger partial charge in [0, 0.05) is 41.5 Å². The molecule has 0 fully saturated rings. The molecule has 0 amide bonds. The molecule has 0 radical (unpaired) electrons. The van der Waals surface area contributed by atoms with Crippen LogP contribution in [0.1, 0.15) is 17.0 Å². The van der Waals surface area contributed by atoms with Crippen LogP contribution in [0.3, 0.4) is 0 Å². The van der Waals surface area contributed by atoms with Crippen molar-refractivity contribution in [2.45, 2.75) is 13.8 Å². The summed E-state index contributed by atoms with van der Waals surface area (Å²) in [5, 5.41) is 4.50. The zero-order valence-corrected chi connectivity index (χ0v) is 12.7. The highest BCUT2D eigenvalue weighted by Crippen LogP contribution is 2.31. The fourth-order valence-corrected chi connectivity index (χ4v) is 2.70. The first-order chi connectivity index (χ1) is 10.1. The van der Waals surface area contributed by atoms with Gasteiger partial charge in [-0.3, -0.25) is 4.68 Å². The first-order valence-corrected chi connectivity index (χ1v) is 7.01.